The lowest BCUT2D eigenvalue weighted by molar-refractivity contribution is 0.311. The largest absolute Gasteiger partial charge is 0.494 e. The lowest BCUT2D eigenvalue weighted by Crippen LogP contribution is -2.38. The van der Waals surface area contributed by atoms with E-state index in [-0.39, 0.29) is 0 Å². The molecular weight excluding hydrogens is 316 g/mol. The number of hydrogen-bond acceptors (Lipinski definition) is 4. The van der Waals surface area contributed by atoms with Gasteiger partial charge in [-0.25, -0.2) is 4.99 Å². The molecule has 0 aliphatic carbocycles. The second-order valence-electron chi connectivity index (χ2n) is 6.01. The van der Waals surface area contributed by atoms with Crippen molar-refractivity contribution in [3.8, 4) is 5.75 Å². The summed E-state index contributed by atoms with van der Waals surface area (Å²) in [4.78, 5) is 4.53. The van der Waals surface area contributed by atoms with Crippen LogP contribution in [0.25, 0.3) is 0 Å². The number of rotatable bonds is 9. The van der Waals surface area contributed by atoms with Gasteiger partial charge in [0.2, 0.25) is 0 Å². The number of hydrogen-bond donors (Lipinski definition) is 2. The molecule has 1 aromatic heterocycles. The van der Waals surface area contributed by atoms with E-state index in [2.05, 4.69) is 34.6 Å². The van der Waals surface area contributed by atoms with Gasteiger partial charge in [0.15, 0.2) is 11.7 Å². The van der Waals surface area contributed by atoms with Gasteiger partial charge in [-0.05, 0) is 31.4 Å². The van der Waals surface area contributed by atoms with E-state index in [1.807, 2.05) is 43.3 Å². The van der Waals surface area contributed by atoms with Crippen LogP contribution in [0.2, 0.25) is 0 Å². The smallest absolute Gasteiger partial charge is 0.191 e. The first-order chi connectivity index (χ1) is 12.2. The molecule has 1 heterocycles. The van der Waals surface area contributed by atoms with Crippen molar-refractivity contribution in [2.24, 2.45) is 4.99 Å². The van der Waals surface area contributed by atoms with Crippen molar-refractivity contribution < 1.29 is 9.26 Å². The molecule has 0 radical (unpaired) electrons. The minimum Gasteiger partial charge on any atom is -0.494 e. The molecule has 0 saturated heterocycles. The second-order valence-corrected chi connectivity index (χ2v) is 6.01. The van der Waals surface area contributed by atoms with Gasteiger partial charge >= 0.3 is 0 Å². The van der Waals surface area contributed by atoms with Crippen molar-refractivity contribution in [2.75, 3.05) is 19.7 Å². The Labute approximate surface area is 149 Å². The maximum Gasteiger partial charge on any atom is 0.191 e. The lowest BCUT2D eigenvalue weighted by atomic mass is 10.1. The molecule has 0 fully saturated rings. The first-order valence-corrected chi connectivity index (χ1v) is 8.84. The molecule has 0 bridgehead atoms. The van der Waals surface area contributed by atoms with Gasteiger partial charge in [0, 0.05) is 19.2 Å². The fourth-order valence-corrected chi connectivity index (χ4v) is 2.16. The number of benzene rings is 1. The number of nitrogens with zero attached hydrogens (tertiary/aromatic N) is 2. The van der Waals surface area contributed by atoms with Gasteiger partial charge in [0.1, 0.15) is 12.3 Å². The Kier molecular flexibility index (Phi) is 7.82. The van der Waals surface area contributed by atoms with Crippen molar-refractivity contribution >= 4 is 5.96 Å². The normalized spacial score (nSPS) is 11.6. The fourth-order valence-electron chi connectivity index (χ4n) is 2.16. The second kappa shape index (κ2) is 10.4. The van der Waals surface area contributed by atoms with Crippen LogP contribution < -0.4 is 15.4 Å². The molecule has 0 unspecified atom stereocenters. The summed E-state index contributed by atoms with van der Waals surface area (Å²) in [6, 6.07) is 11.8. The van der Waals surface area contributed by atoms with E-state index in [1.165, 1.54) is 0 Å². The Hall–Kier alpha value is -2.50. The molecule has 0 spiro atoms. The average Bonchev–Trinajstić information content (AvgIpc) is 3.09. The molecule has 0 aliphatic heterocycles. The predicted octanol–water partition coefficient (Wildman–Crippen LogP) is 3.32. The first kappa shape index (κ1) is 18.8. The molecular formula is C19H28N4O2. The lowest BCUT2D eigenvalue weighted by Gasteiger charge is -2.11. The minimum absolute atomic E-state index is 0.359. The summed E-state index contributed by atoms with van der Waals surface area (Å²) in [6.45, 7) is 8.95. The van der Waals surface area contributed by atoms with E-state index in [1.54, 1.807) is 0 Å². The summed E-state index contributed by atoms with van der Waals surface area (Å²) in [7, 11) is 0. The fraction of sp³-hybridized carbons (Fsp3) is 0.474. The van der Waals surface area contributed by atoms with Crippen LogP contribution in [0.1, 0.15) is 44.6 Å². The molecule has 6 heteroatoms. The van der Waals surface area contributed by atoms with E-state index < -0.39 is 0 Å². The van der Waals surface area contributed by atoms with Crippen molar-refractivity contribution in [1.29, 1.82) is 0 Å². The van der Waals surface area contributed by atoms with Crippen LogP contribution >= 0.6 is 0 Å². The number of ether oxygens (including phenoxy) is 1. The molecule has 0 atom stereocenters. The molecule has 0 amide bonds. The Bertz CT molecular complexity index is 638. The zero-order valence-corrected chi connectivity index (χ0v) is 15.3. The third kappa shape index (κ3) is 6.87. The highest BCUT2D eigenvalue weighted by Crippen LogP contribution is 2.14. The number of aliphatic imine (C=N–C) groups is 1. The molecule has 0 saturated carbocycles. The Morgan fingerprint density at radius 1 is 1.24 bits per heavy atom. The first-order valence-electron chi connectivity index (χ1n) is 8.84. The van der Waals surface area contributed by atoms with E-state index in [4.69, 9.17) is 9.26 Å². The van der Waals surface area contributed by atoms with Gasteiger partial charge in [-0.1, -0.05) is 37.2 Å². The van der Waals surface area contributed by atoms with Gasteiger partial charge in [-0.2, -0.15) is 0 Å². The quantitative estimate of drug-likeness (QED) is 0.415. The molecule has 2 aromatic rings. The molecule has 136 valence electrons. The van der Waals surface area contributed by atoms with Crippen LogP contribution in [0.3, 0.4) is 0 Å². The van der Waals surface area contributed by atoms with Crippen LogP contribution in [0, 0.1) is 0 Å². The topological polar surface area (TPSA) is 71.7 Å². The molecule has 6 nitrogen and oxygen atoms in total. The average molecular weight is 344 g/mol. The Balaban J connectivity index is 1.73. The monoisotopic (exact) mass is 344 g/mol. The summed E-state index contributed by atoms with van der Waals surface area (Å²) < 4.78 is 11.0. The summed E-state index contributed by atoms with van der Waals surface area (Å²) in [5, 5.41) is 10.6. The van der Waals surface area contributed by atoms with E-state index in [9.17, 15) is 0 Å². The predicted molar refractivity (Wildman–Crippen MR) is 100.0 cm³/mol. The van der Waals surface area contributed by atoms with Crippen LogP contribution in [0.4, 0.5) is 0 Å². The molecule has 2 N–H and O–H groups in total. The third-order valence-electron chi connectivity index (χ3n) is 3.53. The highest BCUT2D eigenvalue weighted by atomic mass is 16.5. The van der Waals surface area contributed by atoms with E-state index in [0.29, 0.717) is 19.1 Å². The highest BCUT2D eigenvalue weighted by molar-refractivity contribution is 5.79. The van der Waals surface area contributed by atoms with Gasteiger partial charge in [0.05, 0.1) is 12.3 Å². The molecule has 25 heavy (non-hydrogen) atoms. The highest BCUT2D eigenvalue weighted by Gasteiger charge is 2.07. The number of para-hydroxylation sites is 1. The number of guanidine groups is 1. The van der Waals surface area contributed by atoms with Gasteiger partial charge < -0.3 is 19.9 Å². The Morgan fingerprint density at radius 3 is 2.72 bits per heavy atom. The Morgan fingerprint density at radius 2 is 2.04 bits per heavy atom. The van der Waals surface area contributed by atoms with Gasteiger partial charge in [-0.3, -0.25) is 0 Å². The third-order valence-corrected chi connectivity index (χ3v) is 3.53. The minimum atomic E-state index is 0.359. The molecule has 0 aliphatic rings. The van der Waals surface area contributed by atoms with Crippen molar-refractivity contribution in [1.82, 2.24) is 15.8 Å². The summed E-state index contributed by atoms with van der Waals surface area (Å²) in [5.74, 6) is 2.80. The van der Waals surface area contributed by atoms with Crippen molar-refractivity contribution in [3.05, 3.63) is 47.9 Å². The zero-order chi connectivity index (χ0) is 17.9. The standard InChI is InChI=1S/C19H28N4O2/c1-4-20-19(22-14-17-13-18(15(2)3)23-25-17)21-11-8-12-24-16-9-6-5-7-10-16/h5-7,9-10,13,15H,4,8,11-12,14H2,1-3H3,(H2,20,21,22). The number of aromatic nitrogens is 1. The zero-order valence-electron chi connectivity index (χ0n) is 15.3. The van der Waals surface area contributed by atoms with Crippen molar-refractivity contribution in [3.63, 3.8) is 0 Å². The maximum absolute atomic E-state index is 5.68. The van der Waals surface area contributed by atoms with Crippen LogP contribution in [0.5, 0.6) is 5.75 Å². The van der Waals surface area contributed by atoms with Crippen LogP contribution in [-0.4, -0.2) is 30.8 Å². The molecule has 1 aromatic carbocycles. The van der Waals surface area contributed by atoms with E-state index in [0.717, 1.165) is 42.7 Å². The van der Waals surface area contributed by atoms with E-state index >= 15 is 0 Å². The molecule has 2 rings (SSSR count). The summed E-state index contributed by atoms with van der Waals surface area (Å²) in [5.41, 5.74) is 0.959. The summed E-state index contributed by atoms with van der Waals surface area (Å²) >= 11 is 0. The van der Waals surface area contributed by atoms with Crippen molar-refractivity contribution in [2.45, 2.75) is 39.7 Å². The van der Waals surface area contributed by atoms with Crippen LogP contribution in [0.15, 0.2) is 45.9 Å². The number of nitrogens with one attached hydrogen (secondary N) is 2. The van der Waals surface area contributed by atoms with Crippen LogP contribution in [-0.2, 0) is 6.54 Å². The van der Waals surface area contributed by atoms with Gasteiger partial charge in [-0.15, -0.1) is 0 Å². The van der Waals surface area contributed by atoms with Gasteiger partial charge in [0.25, 0.3) is 0 Å². The maximum atomic E-state index is 5.68. The summed E-state index contributed by atoms with van der Waals surface area (Å²) in [6.07, 6.45) is 0.888. The SMILES string of the molecule is CCNC(=NCc1cc(C(C)C)no1)NCCCOc1ccccc1.